The minimum Gasteiger partial charge on any atom is -0.273 e. The third-order valence-corrected chi connectivity index (χ3v) is 2.10. The summed E-state index contributed by atoms with van der Waals surface area (Å²) < 4.78 is 25.6. The lowest BCUT2D eigenvalue weighted by atomic mass is 10.1. The maximum absolute atomic E-state index is 12.9. The molecule has 0 spiro atoms. The van der Waals surface area contributed by atoms with Crippen molar-refractivity contribution in [1.29, 1.82) is 0 Å². The van der Waals surface area contributed by atoms with Gasteiger partial charge in [-0.25, -0.2) is 14.3 Å². The molecule has 0 saturated carbocycles. The lowest BCUT2D eigenvalue weighted by Gasteiger charge is -2.18. The van der Waals surface area contributed by atoms with Gasteiger partial charge in [-0.05, 0) is 44.9 Å². The average Bonchev–Trinajstić information content (AvgIpc) is 2.27. The summed E-state index contributed by atoms with van der Waals surface area (Å²) in [7, 11) is 0. The topological polar surface area (TPSA) is 38.3 Å². The Hall–Kier alpha value is -1.49. The molecule has 0 aliphatic heterocycles. The summed E-state index contributed by atoms with van der Waals surface area (Å²) in [4.78, 5) is 16.5. The number of benzene rings is 1. The molecule has 0 unspecified atom stereocenters. The van der Waals surface area contributed by atoms with Crippen LogP contribution in [0.25, 0.3) is 0 Å². The van der Waals surface area contributed by atoms with E-state index in [1.54, 1.807) is 0 Å². The summed E-state index contributed by atoms with van der Waals surface area (Å²) in [6.45, 7) is 5.42. The zero-order chi connectivity index (χ0) is 13.8. The minimum absolute atomic E-state index is 0.154. The molecule has 1 aromatic carbocycles. The Morgan fingerprint density at radius 1 is 1.28 bits per heavy atom. The van der Waals surface area contributed by atoms with Gasteiger partial charge in [-0.1, -0.05) is 6.07 Å². The van der Waals surface area contributed by atoms with Gasteiger partial charge in [0.2, 0.25) is 5.91 Å². The van der Waals surface area contributed by atoms with E-state index < -0.39 is 17.2 Å². The van der Waals surface area contributed by atoms with Crippen LogP contribution in [0.2, 0.25) is 0 Å². The van der Waals surface area contributed by atoms with Gasteiger partial charge in [0.1, 0.15) is 0 Å². The first-order chi connectivity index (χ1) is 8.28. The van der Waals surface area contributed by atoms with Crippen molar-refractivity contribution in [3.63, 3.8) is 0 Å². The van der Waals surface area contributed by atoms with Gasteiger partial charge < -0.3 is 0 Å². The molecule has 0 radical (unpaired) electrons. The van der Waals surface area contributed by atoms with Gasteiger partial charge in [0.05, 0.1) is 5.60 Å². The zero-order valence-electron chi connectivity index (χ0n) is 10.7. The van der Waals surface area contributed by atoms with Crippen molar-refractivity contribution in [3.05, 3.63) is 35.4 Å². The van der Waals surface area contributed by atoms with Crippen LogP contribution in [0.5, 0.6) is 0 Å². The number of carbonyl (C=O) groups excluding carboxylic acids is 1. The van der Waals surface area contributed by atoms with Crippen molar-refractivity contribution >= 4 is 5.91 Å². The standard InChI is InChI=1S/C13H17F2NO2/c1-13(2,3)18-16-12(17)7-5-9-4-6-10(14)11(15)8-9/h4,6,8H,5,7H2,1-3H3,(H,16,17). The predicted molar refractivity (Wildman–Crippen MR) is 63.7 cm³/mol. The van der Waals surface area contributed by atoms with Gasteiger partial charge in [-0.3, -0.25) is 9.63 Å². The third-order valence-electron chi connectivity index (χ3n) is 2.10. The summed E-state index contributed by atoms with van der Waals surface area (Å²) >= 11 is 0. The smallest absolute Gasteiger partial charge is 0.243 e. The highest BCUT2D eigenvalue weighted by molar-refractivity contribution is 5.75. The summed E-state index contributed by atoms with van der Waals surface area (Å²) in [6, 6.07) is 3.60. The number of carbonyl (C=O) groups is 1. The summed E-state index contributed by atoms with van der Waals surface area (Å²) in [6.07, 6.45) is 0.484. The van der Waals surface area contributed by atoms with Crippen LogP contribution >= 0.6 is 0 Å². The summed E-state index contributed by atoms with van der Waals surface area (Å²) in [5.74, 6) is -2.09. The van der Waals surface area contributed by atoms with Gasteiger partial charge in [-0.15, -0.1) is 0 Å². The SMILES string of the molecule is CC(C)(C)ONC(=O)CCc1ccc(F)c(F)c1. The Labute approximate surface area is 105 Å². The molecule has 1 rings (SSSR count). The molecule has 18 heavy (non-hydrogen) atoms. The number of halogens is 2. The normalized spacial score (nSPS) is 11.4. The quantitative estimate of drug-likeness (QED) is 0.842. The molecule has 100 valence electrons. The van der Waals surface area contributed by atoms with E-state index in [1.165, 1.54) is 6.07 Å². The maximum Gasteiger partial charge on any atom is 0.243 e. The fourth-order valence-corrected chi connectivity index (χ4v) is 1.21. The van der Waals surface area contributed by atoms with Gasteiger partial charge >= 0.3 is 0 Å². The van der Waals surface area contributed by atoms with Crippen molar-refractivity contribution in [3.8, 4) is 0 Å². The second-order valence-electron chi connectivity index (χ2n) is 4.99. The van der Waals surface area contributed by atoms with Crippen LogP contribution in [0.3, 0.4) is 0 Å². The van der Waals surface area contributed by atoms with E-state index in [2.05, 4.69) is 5.48 Å². The van der Waals surface area contributed by atoms with Crippen LogP contribution in [-0.2, 0) is 16.1 Å². The molecule has 0 atom stereocenters. The van der Waals surface area contributed by atoms with E-state index >= 15 is 0 Å². The van der Waals surface area contributed by atoms with Crippen LogP contribution in [0.1, 0.15) is 32.8 Å². The molecule has 0 heterocycles. The number of aryl methyl sites for hydroxylation is 1. The molecule has 1 amide bonds. The third kappa shape index (κ3) is 5.23. The van der Waals surface area contributed by atoms with E-state index in [9.17, 15) is 13.6 Å². The van der Waals surface area contributed by atoms with Crippen LogP contribution in [-0.4, -0.2) is 11.5 Å². The van der Waals surface area contributed by atoms with E-state index in [4.69, 9.17) is 4.84 Å². The molecule has 0 aliphatic carbocycles. The van der Waals surface area contributed by atoms with Crippen molar-refractivity contribution in [2.75, 3.05) is 0 Å². The van der Waals surface area contributed by atoms with E-state index in [0.29, 0.717) is 12.0 Å². The van der Waals surface area contributed by atoms with E-state index in [0.717, 1.165) is 12.1 Å². The molecular weight excluding hydrogens is 240 g/mol. The number of hydrogen-bond donors (Lipinski definition) is 1. The highest BCUT2D eigenvalue weighted by atomic mass is 19.2. The Morgan fingerprint density at radius 3 is 2.50 bits per heavy atom. The Balaban J connectivity index is 2.40. The lowest BCUT2D eigenvalue weighted by molar-refractivity contribution is -0.145. The van der Waals surface area contributed by atoms with Crippen LogP contribution in [0.4, 0.5) is 8.78 Å². The monoisotopic (exact) mass is 257 g/mol. The molecule has 0 saturated heterocycles. The van der Waals surface area contributed by atoms with Crippen LogP contribution < -0.4 is 5.48 Å². The molecule has 0 fully saturated rings. The molecule has 3 nitrogen and oxygen atoms in total. The number of nitrogens with one attached hydrogen (secondary N) is 1. The van der Waals surface area contributed by atoms with Crippen molar-refractivity contribution in [2.24, 2.45) is 0 Å². The molecule has 1 aromatic rings. The van der Waals surface area contributed by atoms with Gasteiger partial charge in [-0.2, -0.15) is 0 Å². The summed E-state index contributed by atoms with van der Waals surface area (Å²) in [5.41, 5.74) is 2.42. The molecule has 0 aromatic heterocycles. The minimum atomic E-state index is -0.904. The van der Waals surface area contributed by atoms with Crippen LogP contribution in [0, 0.1) is 11.6 Å². The lowest BCUT2D eigenvalue weighted by Crippen LogP contribution is -2.33. The number of rotatable bonds is 4. The Kier molecular flexibility index (Phi) is 4.78. The van der Waals surface area contributed by atoms with E-state index in [-0.39, 0.29) is 12.3 Å². The van der Waals surface area contributed by atoms with Crippen LogP contribution in [0.15, 0.2) is 18.2 Å². The van der Waals surface area contributed by atoms with Crippen molar-refractivity contribution in [1.82, 2.24) is 5.48 Å². The molecule has 0 bridgehead atoms. The van der Waals surface area contributed by atoms with Gasteiger partial charge in [0, 0.05) is 6.42 Å². The molecule has 0 aliphatic rings. The second kappa shape index (κ2) is 5.91. The van der Waals surface area contributed by atoms with Crippen molar-refractivity contribution < 1.29 is 18.4 Å². The molecular formula is C13H17F2NO2. The maximum atomic E-state index is 12.9. The number of hydrogen-bond acceptors (Lipinski definition) is 2. The second-order valence-corrected chi connectivity index (χ2v) is 4.99. The molecule has 5 heteroatoms. The Bertz CT molecular complexity index is 427. The van der Waals surface area contributed by atoms with Crippen molar-refractivity contribution in [2.45, 2.75) is 39.2 Å². The first-order valence-electron chi connectivity index (χ1n) is 5.69. The first-order valence-corrected chi connectivity index (χ1v) is 5.69. The highest BCUT2D eigenvalue weighted by Crippen LogP contribution is 2.10. The largest absolute Gasteiger partial charge is 0.273 e. The fourth-order valence-electron chi connectivity index (χ4n) is 1.21. The number of amides is 1. The van der Waals surface area contributed by atoms with Gasteiger partial charge in [0.15, 0.2) is 11.6 Å². The van der Waals surface area contributed by atoms with E-state index in [1.807, 2.05) is 20.8 Å². The number of hydroxylamine groups is 1. The average molecular weight is 257 g/mol. The van der Waals surface area contributed by atoms with Gasteiger partial charge in [0.25, 0.3) is 0 Å². The zero-order valence-corrected chi connectivity index (χ0v) is 10.7. The molecule has 1 N–H and O–H groups in total. The summed E-state index contributed by atoms with van der Waals surface area (Å²) in [5, 5.41) is 0. The fraction of sp³-hybridized carbons (Fsp3) is 0.462. The Morgan fingerprint density at radius 2 is 1.94 bits per heavy atom. The predicted octanol–water partition coefficient (Wildman–Crippen LogP) is 2.74. The first kappa shape index (κ1) is 14.6. The highest BCUT2D eigenvalue weighted by Gasteiger charge is 2.13.